The number of anilines is 2. The number of nitrogens with one attached hydrogen (secondary N) is 1. The van der Waals surface area contributed by atoms with Crippen LogP contribution in [0.4, 0.5) is 11.4 Å². The number of nitrogens with zero attached hydrogens (tertiary/aromatic N) is 2. The molecule has 0 aliphatic carbocycles. The molecule has 7 nitrogen and oxygen atoms in total. The molecule has 4 rings (SSSR count). The number of benzene rings is 1. The Morgan fingerprint density at radius 1 is 1.10 bits per heavy atom. The second kappa shape index (κ2) is 7.94. The second-order valence-corrected chi connectivity index (χ2v) is 8.80. The fourth-order valence-electron chi connectivity index (χ4n) is 3.33. The monoisotopic (exact) mass is 427 g/mol. The Kier molecular flexibility index (Phi) is 5.35. The van der Waals surface area contributed by atoms with Gasteiger partial charge in [-0.1, -0.05) is 18.2 Å². The normalized spacial score (nSPS) is 15.8. The van der Waals surface area contributed by atoms with E-state index in [2.05, 4.69) is 15.2 Å². The molecule has 0 radical (unpaired) electrons. The molecule has 0 saturated carbocycles. The maximum atomic E-state index is 12.8. The minimum absolute atomic E-state index is 0.251. The van der Waals surface area contributed by atoms with Crippen molar-refractivity contribution in [2.45, 2.75) is 18.4 Å². The topological polar surface area (TPSA) is 114 Å². The number of hydrogen-bond donors (Lipinski definition) is 3. The van der Waals surface area contributed by atoms with E-state index < -0.39 is 11.4 Å². The lowest BCUT2D eigenvalue weighted by Crippen LogP contribution is -2.58. The van der Waals surface area contributed by atoms with E-state index in [0.717, 1.165) is 15.6 Å². The minimum Gasteiger partial charge on any atom is -0.370 e. The van der Waals surface area contributed by atoms with Gasteiger partial charge in [0.1, 0.15) is 10.7 Å². The van der Waals surface area contributed by atoms with E-state index >= 15 is 0 Å². The first-order valence-corrected chi connectivity index (χ1v) is 11.0. The lowest BCUT2D eigenvalue weighted by Gasteiger charge is -2.38. The molecule has 1 aliphatic rings. The summed E-state index contributed by atoms with van der Waals surface area (Å²) >= 11 is 3.05. The molecule has 3 heterocycles. The van der Waals surface area contributed by atoms with Gasteiger partial charge in [0.15, 0.2) is 0 Å². The largest absolute Gasteiger partial charge is 0.370 e. The molecule has 9 heteroatoms. The molecule has 3 aromatic rings. The molecule has 1 fully saturated rings. The first kappa shape index (κ1) is 19.6. The van der Waals surface area contributed by atoms with Crippen LogP contribution in [0, 0.1) is 0 Å². The summed E-state index contributed by atoms with van der Waals surface area (Å²) in [5.74, 6) is -0.720. The van der Waals surface area contributed by atoms with Gasteiger partial charge in [0, 0.05) is 18.5 Å². The zero-order valence-electron chi connectivity index (χ0n) is 15.6. The van der Waals surface area contributed by atoms with Gasteiger partial charge in [0.2, 0.25) is 5.91 Å². The lowest BCUT2D eigenvalue weighted by atomic mass is 9.87. The number of nitrogens with two attached hydrogens (primary N) is 2. The molecule has 0 unspecified atom stereocenters. The Morgan fingerprint density at radius 3 is 2.55 bits per heavy atom. The van der Waals surface area contributed by atoms with Crippen molar-refractivity contribution >= 4 is 45.9 Å². The Hall–Kier alpha value is -2.75. The molecule has 0 spiro atoms. The third-order valence-corrected chi connectivity index (χ3v) is 6.99. The molecule has 2 amide bonds. The summed E-state index contributed by atoms with van der Waals surface area (Å²) < 4.78 is 0. The van der Waals surface area contributed by atoms with E-state index in [0.29, 0.717) is 37.3 Å². The highest BCUT2D eigenvalue weighted by Gasteiger charge is 2.36. The van der Waals surface area contributed by atoms with Crippen molar-refractivity contribution in [3.05, 3.63) is 52.9 Å². The van der Waals surface area contributed by atoms with Crippen LogP contribution >= 0.6 is 22.7 Å². The number of primary amides is 1. The number of carbonyl (C=O) groups is 2. The average molecular weight is 428 g/mol. The summed E-state index contributed by atoms with van der Waals surface area (Å²) in [5, 5.41) is 7.56. The predicted octanol–water partition coefficient (Wildman–Crippen LogP) is 2.91. The Bertz CT molecular complexity index is 1020. The van der Waals surface area contributed by atoms with Gasteiger partial charge in [-0.25, -0.2) is 4.98 Å². The summed E-state index contributed by atoms with van der Waals surface area (Å²) in [6.07, 6.45) is 0.946. The summed E-state index contributed by atoms with van der Waals surface area (Å²) in [5.41, 5.74) is 12.6. The number of rotatable bonds is 5. The highest BCUT2D eigenvalue weighted by Crippen LogP contribution is 2.32. The molecule has 150 valence electrons. The zero-order valence-corrected chi connectivity index (χ0v) is 17.3. The van der Waals surface area contributed by atoms with Gasteiger partial charge in [-0.15, -0.1) is 22.7 Å². The number of carbonyl (C=O) groups excluding carboxylic acids is 2. The molecule has 0 atom stereocenters. The van der Waals surface area contributed by atoms with Crippen LogP contribution in [0.1, 0.15) is 23.3 Å². The first-order chi connectivity index (χ1) is 14.0. The number of thiophene rings is 1. The molecule has 1 aliphatic heterocycles. The predicted molar refractivity (Wildman–Crippen MR) is 117 cm³/mol. The molecule has 1 aromatic carbocycles. The minimum atomic E-state index is -0.965. The van der Waals surface area contributed by atoms with Crippen molar-refractivity contribution in [3.8, 4) is 9.88 Å². The smallest absolute Gasteiger partial charge is 0.275 e. The van der Waals surface area contributed by atoms with E-state index in [-0.39, 0.29) is 5.91 Å². The van der Waals surface area contributed by atoms with Crippen molar-refractivity contribution < 1.29 is 9.59 Å². The summed E-state index contributed by atoms with van der Waals surface area (Å²) in [7, 11) is 0. The fraction of sp³-hybridized carbons (Fsp3) is 0.250. The zero-order chi connectivity index (χ0) is 20.4. The van der Waals surface area contributed by atoms with E-state index in [1.54, 1.807) is 16.7 Å². The van der Waals surface area contributed by atoms with Gasteiger partial charge in [0.05, 0.1) is 21.8 Å². The third-order valence-electron chi connectivity index (χ3n) is 5.11. The van der Waals surface area contributed by atoms with Crippen molar-refractivity contribution in [1.29, 1.82) is 0 Å². The van der Waals surface area contributed by atoms with Crippen LogP contribution in [-0.4, -0.2) is 35.4 Å². The number of amides is 2. The van der Waals surface area contributed by atoms with E-state index in [4.69, 9.17) is 11.5 Å². The van der Waals surface area contributed by atoms with Crippen LogP contribution < -0.4 is 21.7 Å². The van der Waals surface area contributed by atoms with E-state index in [1.807, 2.05) is 41.8 Å². The van der Waals surface area contributed by atoms with E-state index in [1.165, 1.54) is 11.3 Å². The standard InChI is InChI=1S/C20H21N5O2S2/c21-19(27)20(22)7-9-25(10-8-20)15-5-2-1-4-13(15)23-17(26)14-12-29-18(24-14)16-6-3-11-28-16/h1-6,11-12H,7-10,22H2,(H2,21,27)(H,23,26). The number of piperidine rings is 1. The highest BCUT2D eigenvalue weighted by molar-refractivity contribution is 7.20. The third kappa shape index (κ3) is 4.02. The maximum absolute atomic E-state index is 12.8. The van der Waals surface area contributed by atoms with Crippen molar-refractivity contribution in [2.75, 3.05) is 23.3 Å². The molecule has 29 heavy (non-hydrogen) atoms. The molecule has 5 N–H and O–H groups in total. The van der Waals surface area contributed by atoms with Gasteiger partial charge < -0.3 is 21.7 Å². The highest BCUT2D eigenvalue weighted by atomic mass is 32.1. The quantitative estimate of drug-likeness (QED) is 0.579. The summed E-state index contributed by atoms with van der Waals surface area (Å²) in [6.45, 7) is 1.18. The SMILES string of the molecule is NC(=O)C1(N)CCN(c2ccccc2NC(=O)c2csc(-c3cccs3)n2)CC1. The van der Waals surface area contributed by atoms with Gasteiger partial charge in [-0.05, 0) is 36.4 Å². The van der Waals surface area contributed by atoms with Gasteiger partial charge in [0.25, 0.3) is 5.91 Å². The van der Waals surface area contributed by atoms with Crippen LogP contribution in [0.25, 0.3) is 9.88 Å². The van der Waals surface area contributed by atoms with Crippen molar-refractivity contribution in [3.63, 3.8) is 0 Å². The Balaban J connectivity index is 1.49. The Morgan fingerprint density at radius 2 is 1.86 bits per heavy atom. The van der Waals surface area contributed by atoms with Crippen molar-refractivity contribution in [2.24, 2.45) is 11.5 Å². The van der Waals surface area contributed by atoms with E-state index in [9.17, 15) is 9.59 Å². The van der Waals surface area contributed by atoms with Gasteiger partial charge in [-0.2, -0.15) is 0 Å². The maximum Gasteiger partial charge on any atom is 0.275 e. The molecule has 0 bridgehead atoms. The average Bonchev–Trinajstić information content (AvgIpc) is 3.41. The molecular formula is C20H21N5O2S2. The second-order valence-electron chi connectivity index (χ2n) is 6.99. The van der Waals surface area contributed by atoms with Crippen LogP contribution in [0.15, 0.2) is 47.2 Å². The van der Waals surface area contributed by atoms with Gasteiger partial charge in [-0.3, -0.25) is 9.59 Å². The summed E-state index contributed by atoms with van der Waals surface area (Å²) in [6, 6.07) is 11.5. The van der Waals surface area contributed by atoms with Crippen LogP contribution in [0.3, 0.4) is 0 Å². The summed E-state index contributed by atoms with van der Waals surface area (Å²) in [4.78, 5) is 32.0. The number of aromatic nitrogens is 1. The van der Waals surface area contributed by atoms with Gasteiger partial charge >= 0.3 is 0 Å². The van der Waals surface area contributed by atoms with Crippen LogP contribution in [-0.2, 0) is 4.79 Å². The fourth-order valence-corrected chi connectivity index (χ4v) is 4.94. The van der Waals surface area contributed by atoms with Crippen molar-refractivity contribution in [1.82, 2.24) is 4.98 Å². The first-order valence-electron chi connectivity index (χ1n) is 9.20. The number of para-hydroxylation sites is 2. The molecular weight excluding hydrogens is 406 g/mol. The Labute approximate surface area is 176 Å². The number of thiazole rings is 1. The van der Waals surface area contributed by atoms with Crippen LogP contribution in [0.5, 0.6) is 0 Å². The van der Waals surface area contributed by atoms with Crippen LogP contribution in [0.2, 0.25) is 0 Å². The molecule has 1 saturated heterocycles. The number of hydrogen-bond acceptors (Lipinski definition) is 7. The lowest BCUT2D eigenvalue weighted by molar-refractivity contribution is -0.123. The molecule has 2 aromatic heterocycles.